The molecule has 0 aliphatic carbocycles. The number of hydrogen-bond acceptors (Lipinski definition) is 2. The van der Waals surface area contributed by atoms with Gasteiger partial charge in [0.05, 0.1) is 0 Å². The molecular weight excluding hydrogens is 302 g/mol. The fraction of sp³-hybridized carbons (Fsp3) is 0.250. The van der Waals surface area contributed by atoms with E-state index in [2.05, 4.69) is 27.8 Å². The summed E-state index contributed by atoms with van der Waals surface area (Å²) in [6.45, 7) is 2.82. The number of aromatic nitrogens is 1. The van der Waals surface area contributed by atoms with Gasteiger partial charge in [-0.05, 0) is 61.3 Å². The molecule has 0 aliphatic rings. The van der Waals surface area contributed by atoms with E-state index < -0.39 is 0 Å². The molecule has 2 rings (SSSR count). The summed E-state index contributed by atoms with van der Waals surface area (Å²) in [5.41, 5.74) is 2.35. The van der Waals surface area contributed by atoms with Crippen LogP contribution in [0.4, 0.5) is 5.82 Å². The van der Waals surface area contributed by atoms with Crippen molar-refractivity contribution in [3.8, 4) is 0 Å². The van der Waals surface area contributed by atoms with Crippen LogP contribution in [0, 0.1) is 6.92 Å². The third-order valence-electron chi connectivity index (χ3n) is 3.08. The average molecular weight is 320 g/mol. The molecule has 1 heterocycles. The van der Waals surface area contributed by atoms with E-state index in [1.165, 1.54) is 5.56 Å². The Kier molecular flexibility index (Phi) is 5.96. The number of nitrogens with zero attached hydrogens (tertiary/aromatic N) is 1. The van der Waals surface area contributed by atoms with Crippen molar-refractivity contribution in [1.82, 2.24) is 10.3 Å². The van der Waals surface area contributed by atoms with Crippen molar-refractivity contribution in [3.63, 3.8) is 0 Å². The number of nitrogens with one attached hydrogen (secondary N) is 2. The SMILES string of the molecule is Cc1cccnc1NC(=S)NCCCc1ccc(Cl)cc1. The lowest BCUT2D eigenvalue weighted by molar-refractivity contribution is 0.777. The summed E-state index contributed by atoms with van der Waals surface area (Å²) < 4.78 is 0. The zero-order valence-electron chi connectivity index (χ0n) is 11.9. The molecule has 1 aromatic carbocycles. The maximum Gasteiger partial charge on any atom is 0.171 e. The van der Waals surface area contributed by atoms with Gasteiger partial charge < -0.3 is 10.6 Å². The quantitative estimate of drug-likeness (QED) is 0.646. The molecule has 0 bridgehead atoms. The van der Waals surface area contributed by atoms with E-state index in [1.807, 2.05) is 31.2 Å². The van der Waals surface area contributed by atoms with Crippen LogP contribution >= 0.6 is 23.8 Å². The molecule has 3 nitrogen and oxygen atoms in total. The Morgan fingerprint density at radius 3 is 2.71 bits per heavy atom. The van der Waals surface area contributed by atoms with Gasteiger partial charge in [-0.15, -0.1) is 0 Å². The van der Waals surface area contributed by atoms with Crippen LogP contribution in [-0.2, 0) is 6.42 Å². The van der Waals surface area contributed by atoms with Gasteiger partial charge in [0.15, 0.2) is 5.11 Å². The van der Waals surface area contributed by atoms with Crippen LogP contribution < -0.4 is 10.6 Å². The molecule has 0 spiro atoms. The first-order valence-corrected chi connectivity index (χ1v) is 7.64. The summed E-state index contributed by atoms with van der Waals surface area (Å²) in [5.74, 6) is 0.799. The van der Waals surface area contributed by atoms with Crippen molar-refractivity contribution in [2.75, 3.05) is 11.9 Å². The number of anilines is 1. The Morgan fingerprint density at radius 2 is 2.00 bits per heavy atom. The number of pyridine rings is 1. The summed E-state index contributed by atoms with van der Waals surface area (Å²) in [6, 6.07) is 11.8. The monoisotopic (exact) mass is 319 g/mol. The third kappa shape index (κ3) is 5.33. The zero-order chi connectivity index (χ0) is 15.1. The topological polar surface area (TPSA) is 37.0 Å². The standard InChI is InChI=1S/C16H18ClN3S/c1-12-4-2-10-18-15(12)20-16(21)19-11-3-5-13-6-8-14(17)9-7-13/h2,4,6-10H,3,5,11H2,1H3,(H2,18,19,20,21). The summed E-state index contributed by atoms with van der Waals surface area (Å²) >= 11 is 11.1. The highest BCUT2D eigenvalue weighted by atomic mass is 35.5. The van der Waals surface area contributed by atoms with Gasteiger partial charge in [0, 0.05) is 17.8 Å². The third-order valence-corrected chi connectivity index (χ3v) is 3.58. The molecule has 5 heteroatoms. The van der Waals surface area contributed by atoms with Gasteiger partial charge in [-0.3, -0.25) is 0 Å². The molecule has 0 amide bonds. The van der Waals surface area contributed by atoms with E-state index in [-0.39, 0.29) is 0 Å². The van der Waals surface area contributed by atoms with Crippen LogP contribution in [0.25, 0.3) is 0 Å². The molecule has 1 aromatic heterocycles. The van der Waals surface area contributed by atoms with Crippen molar-refractivity contribution in [2.24, 2.45) is 0 Å². The van der Waals surface area contributed by atoms with Crippen molar-refractivity contribution < 1.29 is 0 Å². The molecule has 21 heavy (non-hydrogen) atoms. The van der Waals surface area contributed by atoms with Crippen LogP contribution in [-0.4, -0.2) is 16.6 Å². The molecule has 0 fully saturated rings. The molecule has 0 atom stereocenters. The first-order valence-electron chi connectivity index (χ1n) is 6.86. The minimum absolute atomic E-state index is 0.605. The highest BCUT2D eigenvalue weighted by Gasteiger charge is 2.01. The Balaban J connectivity index is 1.70. The number of halogens is 1. The Labute approximate surface area is 135 Å². The van der Waals surface area contributed by atoms with Crippen LogP contribution in [0.1, 0.15) is 17.5 Å². The van der Waals surface area contributed by atoms with Crippen LogP contribution in [0.3, 0.4) is 0 Å². The average Bonchev–Trinajstić information content (AvgIpc) is 2.48. The van der Waals surface area contributed by atoms with Crippen molar-refractivity contribution in [1.29, 1.82) is 0 Å². The van der Waals surface area contributed by atoms with Gasteiger partial charge >= 0.3 is 0 Å². The molecule has 2 N–H and O–H groups in total. The molecule has 0 saturated heterocycles. The van der Waals surface area contributed by atoms with Gasteiger partial charge in [-0.1, -0.05) is 29.8 Å². The molecule has 0 aliphatic heterocycles. The second-order valence-electron chi connectivity index (χ2n) is 4.78. The van der Waals surface area contributed by atoms with Gasteiger partial charge in [0.2, 0.25) is 0 Å². The van der Waals surface area contributed by atoms with Crippen molar-refractivity contribution >= 4 is 34.7 Å². The number of rotatable bonds is 5. The largest absolute Gasteiger partial charge is 0.362 e. The van der Waals surface area contributed by atoms with E-state index in [1.54, 1.807) is 6.20 Å². The van der Waals surface area contributed by atoms with Crippen LogP contribution in [0.5, 0.6) is 0 Å². The first-order chi connectivity index (χ1) is 10.1. The Morgan fingerprint density at radius 1 is 1.24 bits per heavy atom. The van der Waals surface area contributed by atoms with E-state index in [4.69, 9.17) is 23.8 Å². The zero-order valence-corrected chi connectivity index (χ0v) is 13.5. The molecule has 110 valence electrons. The first kappa shape index (κ1) is 15.7. The van der Waals surface area contributed by atoms with E-state index >= 15 is 0 Å². The maximum absolute atomic E-state index is 5.86. The predicted octanol–water partition coefficient (Wildman–Crippen LogP) is 3.96. The number of hydrogen-bond donors (Lipinski definition) is 2. The molecule has 0 radical (unpaired) electrons. The summed E-state index contributed by atoms with van der Waals surface area (Å²) in [5, 5.41) is 7.68. The molecular formula is C16H18ClN3S. The summed E-state index contributed by atoms with van der Waals surface area (Å²) in [4.78, 5) is 4.25. The molecule has 0 unspecified atom stereocenters. The lowest BCUT2D eigenvalue weighted by atomic mass is 10.1. The number of thiocarbonyl (C=S) groups is 1. The lowest BCUT2D eigenvalue weighted by Crippen LogP contribution is -2.30. The van der Waals surface area contributed by atoms with Crippen molar-refractivity contribution in [3.05, 3.63) is 58.7 Å². The summed E-state index contributed by atoms with van der Waals surface area (Å²) in [7, 11) is 0. The van der Waals surface area contributed by atoms with E-state index in [0.717, 1.165) is 35.8 Å². The van der Waals surface area contributed by atoms with E-state index in [9.17, 15) is 0 Å². The van der Waals surface area contributed by atoms with Gasteiger partial charge in [-0.2, -0.15) is 0 Å². The van der Waals surface area contributed by atoms with Gasteiger partial charge in [0.25, 0.3) is 0 Å². The lowest BCUT2D eigenvalue weighted by Gasteiger charge is -2.11. The van der Waals surface area contributed by atoms with E-state index in [0.29, 0.717) is 5.11 Å². The predicted molar refractivity (Wildman–Crippen MR) is 93.0 cm³/mol. The molecule has 0 saturated carbocycles. The fourth-order valence-electron chi connectivity index (χ4n) is 1.91. The van der Waals surface area contributed by atoms with Crippen LogP contribution in [0.15, 0.2) is 42.6 Å². The normalized spacial score (nSPS) is 10.2. The van der Waals surface area contributed by atoms with Crippen molar-refractivity contribution in [2.45, 2.75) is 19.8 Å². The minimum Gasteiger partial charge on any atom is -0.362 e. The highest BCUT2D eigenvalue weighted by molar-refractivity contribution is 7.80. The Hall–Kier alpha value is -1.65. The molecule has 2 aromatic rings. The highest BCUT2D eigenvalue weighted by Crippen LogP contribution is 2.11. The van der Waals surface area contributed by atoms with Crippen LogP contribution in [0.2, 0.25) is 5.02 Å². The van der Waals surface area contributed by atoms with Gasteiger partial charge in [0.1, 0.15) is 5.82 Å². The second kappa shape index (κ2) is 7.96. The second-order valence-corrected chi connectivity index (χ2v) is 5.62. The number of aryl methyl sites for hydroxylation is 2. The minimum atomic E-state index is 0.605. The van der Waals surface area contributed by atoms with Gasteiger partial charge in [-0.25, -0.2) is 4.98 Å². The maximum atomic E-state index is 5.86. The number of benzene rings is 1. The Bertz CT molecular complexity index is 599. The summed E-state index contributed by atoms with van der Waals surface area (Å²) in [6.07, 6.45) is 3.75. The fourth-order valence-corrected chi connectivity index (χ4v) is 2.24. The smallest absolute Gasteiger partial charge is 0.171 e.